The molecule has 0 aliphatic carbocycles. The molecule has 0 aliphatic heterocycles. The van der Waals surface area contributed by atoms with Crippen LogP contribution in [0.5, 0.6) is 0 Å². The van der Waals surface area contributed by atoms with Crippen LogP contribution in [0.3, 0.4) is 0 Å². The molecule has 1 aromatic carbocycles. The third-order valence-electron chi connectivity index (χ3n) is 2.80. The summed E-state index contributed by atoms with van der Waals surface area (Å²) >= 11 is 0. The number of aromatic nitrogens is 3. The summed E-state index contributed by atoms with van der Waals surface area (Å²) in [5.41, 5.74) is 7.48. The average Bonchev–Trinajstić information content (AvgIpc) is 2.68. The topological polar surface area (TPSA) is 56.7 Å². The van der Waals surface area contributed by atoms with Crippen LogP contribution < -0.4 is 5.73 Å². The number of rotatable bonds is 1. The van der Waals surface area contributed by atoms with Crippen LogP contribution in [0, 0.1) is 5.82 Å². The molecule has 0 bridgehead atoms. The van der Waals surface area contributed by atoms with Crippen LogP contribution >= 0.6 is 0 Å². The van der Waals surface area contributed by atoms with E-state index in [9.17, 15) is 4.39 Å². The third-order valence-corrected chi connectivity index (χ3v) is 2.80. The highest BCUT2D eigenvalue weighted by atomic mass is 19.1. The van der Waals surface area contributed by atoms with Crippen LogP contribution in [0.25, 0.3) is 22.2 Å². The van der Waals surface area contributed by atoms with Crippen molar-refractivity contribution < 1.29 is 4.39 Å². The van der Waals surface area contributed by atoms with E-state index in [-0.39, 0.29) is 11.6 Å². The van der Waals surface area contributed by atoms with Gasteiger partial charge in [-0.1, -0.05) is 18.2 Å². The molecule has 0 saturated heterocycles. The van der Waals surface area contributed by atoms with Gasteiger partial charge in [-0.3, -0.25) is 4.68 Å². The molecule has 0 fully saturated rings. The van der Waals surface area contributed by atoms with Gasteiger partial charge in [0.15, 0.2) is 5.65 Å². The molecule has 2 aromatic heterocycles. The monoisotopic (exact) mass is 242 g/mol. The Morgan fingerprint density at radius 3 is 2.78 bits per heavy atom. The van der Waals surface area contributed by atoms with Gasteiger partial charge in [0.25, 0.3) is 0 Å². The number of hydrogen-bond acceptors (Lipinski definition) is 3. The summed E-state index contributed by atoms with van der Waals surface area (Å²) in [4.78, 5) is 4.19. The maximum absolute atomic E-state index is 13.8. The summed E-state index contributed by atoms with van der Waals surface area (Å²) in [5, 5.41) is 5.00. The molecule has 3 rings (SSSR count). The number of benzene rings is 1. The number of nitrogen functional groups attached to an aromatic ring is 1. The first-order valence-corrected chi connectivity index (χ1v) is 5.50. The minimum atomic E-state index is -0.311. The van der Waals surface area contributed by atoms with E-state index in [1.54, 1.807) is 29.9 Å². The maximum Gasteiger partial charge on any atom is 0.183 e. The van der Waals surface area contributed by atoms with Crippen molar-refractivity contribution in [2.45, 2.75) is 0 Å². The smallest absolute Gasteiger partial charge is 0.183 e. The zero-order valence-corrected chi connectivity index (χ0v) is 9.76. The zero-order chi connectivity index (χ0) is 12.7. The Kier molecular flexibility index (Phi) is 2.26. The highest BCUT2D eigenvalue weighted by Gasteiger charge is 2.11. The molecule has 0 radical (unpaired) electrons. The molecule has 18 heavy (non-hydrogen) atoms. The van der Waals surface area contributed by atoms with Gasteiger partial charge in [-0.2, -0.15) is 5.10 Å². The van der Waals surface area contributed by atoms with Crippen molar-refractivity contribution in [1.29, 1.82) is 0 Å². The minimum Gasteiger partial charge on any atom is -0.383 e. The van der Waals surface area contributed by atoms with Crippen molar-refractivity contribution in [3.05, 3.63) is 42.3 Å². The van der Waals surface area contributed by atoms with Gasteiger partial charge in [0.05, 0.1) is 0 Å². The van der Waals surface area contributed by atoms with Crippen molar-refractivity contribution >= 4 is 16.9 Å². The summed E-state index contributed by atoms with van der Waals surface area (Å²) in [5.74, 6) is -0.0273. The first-order chi connectivity index (χ1) is 8.65. The third kappa shape index (κ3) is 1.60. The minimum absolute atomic E-state index is 0.284. The Bertz CT molecular complexity index is 733. The van der Waals surface area contributed by atoms with Crippen LogP contribution in [0.2, 0.25) is 0 Å². The van der Waals surface area contributed by atoms with E-state index in [4.69, 9.17) is 5.73 Å². The summed E-state index contributed by atoms with van der Waals surface area (Å²) in [6.07, 6.45) is 1.83. The molecule has 0 atom stereocenters. The van der Waals surface area contributed by atoms with Crippen molar-refractivity contribution in [3.63, 3.8) is 0 Å². The number of nitrogens with two attached hydrogens (primary N) is 1. The highest BCUT2D eigenvalue weighted by molar-refractivity contribution is 5.86. The first-order valence-electron chi connectivity index (χ1n) is 5.50. The fourth-order valence-corrected chi connectivity index (χ4v) is 1.98. The number of anilines is 1. The normalized spacial score (nSPS) is 11.0. The van der Waals surface area contributed by atoms with Gasteiger partial charge < -0.3 is 5.73 Å². The summed E-state index contributed by atoms with van der Waals surface area (Å²) in [7, 11) is 1.81. The molecule has 0 amide bonds. The molecule has 0 saturated carbocycles. The predicted molar refractivity (Wildman–Crippen MR) is 68.3 cm³/mol. The Morgan fingerprint density at radius 1 is 1.22 bits per heavy atom. The lowest BCUT2D eigenvalue weighted by Gasteiger charge is -2.05. The van der Waals surface area contributed by atoms with E-state index in [2.05, 4.69) is 10.1 Å². The number of nitrogens with zero attached hydrogens (tertiary/aromatic N) is 3. The van der Waals surface area contributed by atoms with Crippen LogP contribution in [0.15, 0.2) is 36.5 Å². The summed E-state index contributed by atoms with van der Waals surface area (Å²) in [6.45, 7) is 0. The fourth-order valence-electron chi connectivity index (χ4n) is 1.98. The summed E-state index contributed by atoms with van der Waals surface area (Å²) in [6, 6.07) is 8.31. The second-order valence-corrected chi connectivity index (χ2v) is 4.12. The van der Waals surface area contributed by atoms with E-state index in [0.29, 0.717) is 16.8 Å². The molecule has 2 N–H and O–H groups in total. The predicted octanol–water partition coefficient (Wildman–Crippen LogP) is 2.36. The second kappa shape index (κ2) is 3.80. The van der Waals surface area contributed by atoms with Gasteiger partial charge in [0.2, 0.25) is 0 Å². The van der Waals surface area contributed by atoms with Crippen LogP contribution in [0.1, 0.15) is 0 Å². The Labute approximate surface area is 103 Å². The van der Waals surface area contributed by atoms with E-state index < -0.39 is 0 Å². The molecule has 0 spiro atoms. The fraction of sp³-hybridized carbons (Fsp3) is 0.0769. The van der Waals surface area contributed by atoms with Gasteiger partial charge in [0, 0.05) is 29.8 Å². The number of aryl methyl sites for hydroxylation is 1. The molecule has 0 aliphatic rings. The van der Waals surface area contributed by atoms with Crippen molar-refractivity contribution in [3.8, 4) is 11.1 Å². The van der Waals surface area contributed by atoms with Gasteiger partial charge in [0.1, 0.15) is 11.6 Å². The summed E-state index contributed by atoms with van der Waals surface area (Å²) < 4.78 is 15.4. The van der Waals surface area contributed by atoms with E-state index in [0.717, 1.165) is 5.39 Å². The maximum atomic E-state index is 13.8. The lowest BCUT2D eigenvalue weighted by atomic mass is 10.1. The molecular weight excluding hydrogens is 231 g/mol. The largest absolute Gasteiger partial charge is 0.383 e. The average molecular weight is 242 g/mol. The molecule has 4 nitrogen and oxygen atoms in total. The SMILES string of the molecule is Cn1cc2cc(-c3ccccc3F)c(N)nc2n1. The van der Waals surface area contributed by atoms with Crippen molar-refractivity contribution in [2.75, 3.05) is 5.73 Å². The molecular formula is C13H11FN4. The van der Waals surface area contributed by atoms with Gasteiger partial charge in [-0.25, -0.2) is 9.37 Å². The molecule has 90 valence electrons. The quantitative estimate of drug-likeness (QED) is 0.712. The van der Waals surface area contributed by atoms with E-state index in [1.807, 2.05) is 12.3 Å². The molecule has 3 aromatic rings. The highest BCUT2D eigenvalue weighted by Crippen LogP contribution is 2.29. The van der Waals surface area contributed by atoms with Gasteiger partial charge in [-0.15, -0.1) is 0 Å². The number of pyridine rings is 1. The Balaban J connectivity index is 2.29. The Hall–Kier alpha value is -2.43. The Morgan fingerprint density at radius 2 is 2.00 bits per heavy atom. The number of fused-ring (bicyclic) bond motifs is 1. The van der Waals surface area contributed by atoms with Crippen LogP contribution in [-0.4, -0.2) is 14.8 Å². The van der Waals surface area contributed by atoms with Gasteiger partial charge in [-0.05, 0) is 12.1 Å². The van der Waals surface area contributed by atoms with E-state index >= 15 is 0 Å². The van der Waals surface area contributed by atoms with Crippen molar-refractivity contribution in [1.82, 2.24) is 14.8 Å². The lowest BCUT2D eigenvalue weighted by molar-refractivity contribution is 0.631. The van der Waals surface area contributed by atoms with Crippen LogP contribution in [0.4, 0.5) is 10.2 Å². The standard InChI is InChI=1S/C13H11FN4/c1-18-7-8-6-10(12(15)16-13(8)17-18)9-4-2-3-5-11(9)14/h2-7H,1H3,(H2,15,16,17). The van der Waals surface area contributed by atoms with Crippen LogP contribution in [-0.2, 0) is 7.05 Å². The molecule has 0 unspecified atom stereocenters. The molecule has 2 heterocycles. The number of halogens is 1. The first kappa shape index (κ1) is 10.7. The zero-order valence-electron chi connectivity index (χ0n) is 9.76. The van der Waals surface area contributed by atoms with Gasteiger partial charge >= 0.3 is 0 Å². The number of hydrogen-bond donors (Lipinski definition) is 1. The lowest BCUT2D eigenvalue weighted by Crippen LogP contribution is -1.96. The second-order valence-electron chi connectivity index (χ2n) is 4.12. The van der Waals surface area contributed by atoms with Crippen molar-refractivity contribution in [2.24, 2.45) is 7.05 Å². The molecule has 5 heteroatoms. The van der Waals surface area contributed by atoms with E-state index in [1.165, 1.54) is 6.07 Å².